The minimum absolute atomic E-state index is 0.0746. The van der Waals surface area contributed by atoms with Crippen molar-refractivity contribution in [1.29, 1.82) is 0 Å². The Morgan fingerprint density at radius 2 is 2.00 bits per heavy atom. The zero-order valence-electron chi connectivity index (χ0n) is 8.92. The van der Waals surface area contributed by atoms with E-state index in [9.17, 15) is 14.9 Å². The van der Waals surface area contributed by atoms with Crippen LogP contribution in [0.4, 0.5) is 5.69 Å². The number of aldehydes is 1. The second kappa shape index (κ2) is 4.61. The van der Waals surface area contributed by atoms with Crippen LogP contribution in [0.2, 0.25) is 0 Å². The van der Waals surface area contributed by atoms with E-state index < -0.39 is 4.92 Å². The molecule has 0 spiro atoms. The maximum absolute atomic E-state index is 10.8. The number of aromatic nitrogens is 1. The van der Waals surface area contributed by atoms with Crippen molar-refractivity contribution in [1.82, 2.24) is 4.98 Å². The summed E-state index contributed by atoms with van der Waals surface area (Å²) in [4.78, 5) is 23.9. The maximum Gasteiger partial charge on any atom is 0.272 e. The summed E-state index contributed by atoms with van der Waals surface area (Å²) in [5, 5.41) is 10.8. The molecule has 0 saturated carbocycles. The van der Waals surface area contributed by atoms with Crippen LogP contribution < -0.4 is 0 Å². The number of nitro benzene ring substituents is 1. The summed E-state index contributed by atoms with van der Waals surface area (Å²) in [6.45, 7) is 0. The first-order valence-electron chi connectivity index (χ1n) is 5.06. The van der Waals surface area contributed by atoms with Crippen molar-refractivity contribution >= 4 is 12.0 Å². The van der Waals surface area contributed by atoms with E-state index in [2.05, 4.69) is 4.98 Å². The molecule has 17 heavy (non-hydrogen) atoms. The summed E-state index contributed by atoms with van der Waals surface area (Å²) >= 11 is 0. The Balaban J connectivity index is 2.36. The number of carbonyl (C=O) groups excluding carboxylic acids is 1. The number of rotatable bonds is 4. The Bertz CT molecular complexity index is 560. The lowest BCUT2D eigenvalue weighted by Crippen LogP contribution is -1.97. The Morgan fingerprint density at radius 1 is 1.24 bits per heavy atom. The van der Waals surface area contributed by atoms with Crippen molar-refractivity contribution in [3.63, 3.8) is 0 Å². The Morgan fingerprint density at radius 3 is 2.71 bits per heavy atom. The molecule has 2 aromatic rings. The number of nitrogens with zero attached hydrogens (tertiary/aromatic N) is 1. The Kier molecular flexibility index (Phi) is 3.00. The van der Waals surface area contributed by atoms with E-state index in [1.165, 1.54) is 6.07 Å². The van der Waals surface area contributed by atoms with Gasteiger partial charge in [0.2, 0.25) is 0 Å². The largest absolute Gasteiger partial charge is 0.359 e. The van der Waals surface area contributed by atoms with Gasteiger partial charge in [0.1, 0.15) is 0 Å². The molecular formula is C12H10N2O3. The van der Waals surface area contributed by atoms with E-state index in [0.29, 0.717) is 24.0 Å². The summed E-state index contributed by atoms with van der Waals surface area (Å²) in [6, 6.07) is 8.28. The molecule has 1 aromatic carbocycles. The van der Waals surface area contributed by atoms with Crippen molar-refractivity contribution in [3.05, 3.63) is 63.5 Å². The summed E-state index contributed by atoms with van der Waals surface area (Å²) < 4.78 is 0. The summed E-state index contributed by atoms with van der Waals surface area (Å²) in [5.41, 5.74) is 1.89. The summed E-state index contributed by atoms with van der Waals surface area (Å²) in [7, 11) is 0. The zero-order valence-corrected chi connectivity index (χ0v) is 8.92. The topological polar surface area (TPSA) is 76.0 Å². The monoisotopic (exact) mass is 230 g/mol. The van der Waals surface area contributed by atoms with Gasteiger partial charge in [-0.15, -0.1) is 0 Å². The van der Waals surface area contributed by atoms with Crippen molar-refractivity contribution in [3.8, 4) is 0 Å². The van der Waals surface area contributed by atoms with Crippen LogP contribution in [-0.4, -0.2) is 16.2 Å². The lowest BCUT2D eigenvalue weighted by atomic mass is 10.0. The molecule has 0 bridgehead atoms. The van der Waals surface area contributed by atoms with Crippen LogP contribution in [0.5, 0.6) is 0 Å². The number of nitrogens with one attached hydrogen (secondary N) is 1. The van der Waals surface area contributed by atoms with Crippen LogP contribution in [0.3, 0.4) is 0 Å². The van der Waals surface area contributed by atoms with Gasteiger partial charge in [-0.05, 0) is 11.6 Å². The molecule has 86 valence electrons. The number of H-pyrrole nitrogens is 1. The van der Waals surface area contributed by atoms with E-state index >= 15 is 0 Å². The molecule has 0 aliphatic heterocycles. The molecule has 2 rings (SSSR count). The molecule has 0 aliphatic carbocycles. The fraction of sp³-hybridized carbons (Fsp3) is 0.0833. The zero-order chi connectivity index (χ0) is 12.3. The number of hydrogen-bond acceptors (Lipinski definition) is 3. The first-order valence-corrected chi connectivity index (χ1v) is 5.06. The SMILES string of the molecule is O=Cc1[nH]ccc1Cc1ccccc1[N+](=O)[O-]. The number of carbonyl (C=O) groups is 1. The standard InChI is InChI=1S/C12H10N2O3/c15-8-11-9(5-6-13-11)7-10-3-1-2-4-12(10)14(16)17/h1-6,8,13H,7H2. The van der Waals surface area contributed by atoms with Crippen LogP contribution in [0.15, 0.2) is 36.5 Å². The molecule has 0 atom stereocenters. The molecule has 0 amide bonds. The first kappa shape index (κ1) is 11.1. The first-order chi connectivity index (χ1) is 8.22. The van der Waals surface area contributed by atoms with Gasteiger partial charge >= 0.3 is 0 Å². The van der Waals surface area contributed by atoms with Crippen LogP contribution in [0.1, 0.15) is 21.6 Å². The third-order valence-corrected chi connectivity index (χ3v) is 2.56. The molecule has 0 aliphatic rings. The highest BCUT2D eigenvalue weighted by Crippen LogP contribution is 2.21. The highest BCUT2D eigenvalue weighted by molar-refractivity contribution is 5.74. The van der Waals surface area contributed by atoms with E-state index in [-0.39, 0.29) is 5.69 Å². The van der Waals surface area contributed by atoms with Gasteiger partial charge in [-0.3, -0.25) is 14.9 Å². The van der Waals surface area contributed by atoms with Gasteiger partial charge in [0.15, 0.2) is 6.29 Å². The molecule has 0 saturated heterocycles. The predicted molar refractivity (Wildman–Crippen MR) is 62.1 cm³/mol. The summed E-state index contributed by atoms with van der Waals surface area (Å²) in [6.07, 6.45) is 2.73. The predicted octanol–water partition coefficient (Wildman–Crippen LogP) is 2.33. The Hall–Kier alpha value is -2.43. The fourth-order valence-electron chi connectivity index (χ4n) is 1.72. The van der Waals surface area contributed by atoms with E-state index in [1.807, 2.05) is 0 Å². The van der Waals surface area contributed by atoms with E-state index in [0.717, 1.165) is 5.56 Å². The molecule has 1 N–H and O–H groups in total. The minimum Gasteiger partial charge on any atom is -0.359 e. The average molecular weight is 230 g/mol. The lowest BCUT2D eigenvalue weighted by Gasteiger charge is -2.01. The van der Waals surface area contributed by atoms with Gasteiger partial charge in [-0.25, -0.2) is 0 Å². The highest BCUT2D eigenvalue weighted by Gasteiger charge is 2.14. The quantitative estimate of drug-likeness (QED) is 0.497. The van der Waals surface area contributed by atoms with Crippen molar-refractivity contribution in [2.24, 2.45) is 0 Å². The molecular weight excluding hydrogens is 220 g/mol. The molecule has 1 heterocycles. The third kappa shape index (κ3) is 2.23. The number of nitro groups is 1. The maximum atomic E-state index is 10.8. The molecule has 0 unspecified atom stereocenters. The fourth-order valence-corrected chi connectivity index (χ4v) is 1.72. The second-order valence-corrected chi connectivity index (χ2v) is 3.60. The van der Waals surface area contributed by atoms with Gasteiger partial charge in [-0.2, -0.15) is 0 Å². The third-order valence-electron chi connectivity index (χ3n) is 2.56. The van der Waals surface area contributed by atoms with E-state index in [4.69, 9.17) is 0 Å². The minimum atomic E-state index is -0.414. The van der Waals surface area contributed by atoms with Crippen LogP contribution in [-0.2, 0) is 6.42 Å². The average Bonchev–Trinajstić information content (AvgIpc) is 2.77. The van der Waals surface area contributed by atoms with Gasteiger partial charge in [-0.1, -0.05) is 18.2 Å². The number of aromatic amines is 1. The summed E-state index contributed by atoms with van der Waals surface area (Å²) in [5.74, 6) is 0. The second-order valence-electron chi connectivity index (χ2n) is 3.60. The molecule has 1 aromatic heterocycles. The molecule has 0 radical (unpaired) electrons. The number of para-hydroxylation sites is 1. The van der Waals surface area contributed by atoms with Gasteiger partial charge in [0, 0.05) is 24.2 Å². The van der Waals surface area contributed by atoms with Gasteiger partial charge < -0.3 is 4.98 Å². The van der Waals surface area contributed by atoms with Crippen LogP contribution in [0.25, 0.3) is 0 Å². The van der Waals surface area contributed by atoms with Crippen LogP contribution in [0, 0.1) is 10.1 Å². The normalized spacial score (nSPS) is 10.1. The van der Waals surface area contributed by atoms with Crippen LogP contribution >= 0.6 is 0 Å². The van der Waals surface area contributed by atoms with Crippen molar-refractivity contribution in [2.75, 3.05) is 0 Å². The number of benzene rings is 1. The molecule has 0 fully saturated rings. The van der Waals surface area contributed by atoms with Gasteiger partial charge in [0.25, 0.3) is 5.69 Å². The smallest absolute Gasteiger partial charge is 0.272 e. The molecule has 5 nitrogen and oxygen atoms in total. The number of hydrogen-bond donors (Lipinski definition) is 1. The highest BCUT2D eigenvalue weighted by atomic mass is 16.6. The van der Waals surface area contributed by atoms with Crippen molar-refractivity contribution < 1.29 is 9.72 Å². The van der Waals surface area contributed by atoms with E-state index in [1.54, 1.807) is 30.5 Å². The van der Waals surface area contributed by atoms with Crippen molar-refractivity contribution in [2.45, 2.75) is 6.42 Å². The molecule has 5 heteroatoms. The van der Waals surface area contributed by atoms with Gasteiger partial charge in [0.05, 0.1) is 10.6 Å². The Labute approximate surface area is 97.2 Å². The lowest BCUT2D eigenvalue weighted by molar-refractivity contribution is -0.385.